The fourth-order valence-corrected chi connectivity index (χ4v) is 2.09. The zero-order valence-corrected chi connectivity index (χ0v) is 5.78. The zero-order chi connectivity index (χ0) is 5.82. The number of aliphatic hydroxyl groups is 1. The first-order valence-electron chi connectivity index (χ1n) is 3.12. The van der Waals surface area contributed by atoms with Crippen LogP contribution in [0.1, 0.15) is 12.8 Å². The summed E-state index contributed by atoms with van der Waals surface area (Å²) in [7, 11) is 0. The summed E-state index contributed by atoms with van der Waals surface area (Å²) in [5.74, 6) is 3.08. The van der Waals surface area contributed by atoms with E-state index in [1.165, 1.54) is 24.3 Å². The van der Waals surface area contributed by atoms with Gasteiger partial charge in [-0.15, -0.1) is 0 Å². The van der Waals surface area contributed by atoms with Crippen molar-refractivity contribution in [1.82, 2.24) is 0 Å². The van der Waals surface area contributed by atoms with Crippen LogP contribution in [0.5, 0.6) is 0 Å². The molecular weight excluding hydrogens is 120 g/mol. The maximum absolute atomic E-state index is 8.68. The molecule has 1 N–H and O–H groups in total. The highest BCUT2D eigenvalue weighted by Gasteiger charge is 2.11. The van der Waals surface area contributed by atoms with Gasteiger partial charge in [0.1, 0.15) is 0 Å². The molecule has 1 fully saturated rings. The monoisotopic (exact) mass is 132 g/mol. The van der Waals surface area contributed by atoms with Crippen molar-refractivity contribution in [1.29, 1.82) is 0 Å². The van der Waals surface area contributed by atoms with Crippen LogP contribution in [-0.2, 0) is 0 Å². The van der Waals surface area contributed by atoms with Crippen LogP contribution in [0.2, 0.25) is 0 Å². The molecule has 0 saturated carbocycles. The van der Waals surface area contributed by atoms with E-state index in [2.05, 4.69) is 0 Å². The molecule has 1 aliphatic heterocycles. The van der Waals surface area contributed by atoms with Gasteiger partial charge in [0.2, 0.25) is 0 Å². The normalized spacial score (nSPS) is 30.4. The van der Waals surface area contributed by atoms with E-state index in [-0.39, 0.29) is 0 Å². The van der Waals surface area contributed by atoms with Crippen molar-refractivity contribution in [2.45, 2.75) is 12.8 Å². The van der Waals surface area contributed by atoms with Gasteiger partial charge in [-0.3, -0.25) is 0 Å². The third kappa shape index (κ3) is 1.67. The van der Waals surface area contributed by atoms with E-state index in [1.807, 2.05) is 11.8 Å². The maximum Gasteiger partial charge on any atom is 0.0467 e. The summed E-state index contributed by atoms with van der Waals surface area (Å²) in [4.78, 5) is 0. The van der Waals surface area contributed by atoms with Crippen molar-refractivity contribution in [3.8, 4) is 0 Å². The molecule has 1 saturated heterocycles. The molecule has 1 rings (SSSR count). The first-order valence-corrected chi connectivity index (χ1v) is 4.27. The highest BCUT2D eigenvalue weighted by atomic mass is 32.2. The second-order valence-electron chi connectivity index (χ2n) is 2.27. The van der Waals surface area contributed by atoms with Gasteiger partial charge in [-0.25, -0.2) is 0 Å². The first kappa shape index (κ1) is 6.43. The molecule has 0 radical (unpaired) electrons. The number of hydrogen-bond donors (Lipinski definition) is 1. The van der Waals surface area contributed by atoms with E-state index < -0.39 is 0 Å². The second-order valence-corrected chi connectivity index (χ2v) is 3.42. The summed E-state index contributed by atoms with van der Waals surface area (Å²) in [6, 6.07) is 0. The van der Waals surface area contributed by atoms with E-state index in [0.29, 0.717) is 12.5 Å². The maximum atomic E-state index is 8.68. The molecule has 1 aliphatic rings. The Bertz CT molecular complexity index is 59.5. The highest BCUT2D eigenvalue weighted by Crippen LogP contribution is 2.21. The molecule has 1 nitrogen and oxygen atoms in total. The third-order valence-corrected chi connectivity index (χ3v) is 2.80. The Balaban J connectivity index is 2.13. The molecule has 2 heteroatoms. The van der Waals surface area contributed by atoms with Gasteiger partial charge in [0, 0.05) is 6.61 Å². The van der Waals surface area contributed by atoms with E-state index in [9.17, 15) is 0 Å². The highest BCUT2D eigenvalue weighted by molar-refractivity contribution is 7.99. The lowest BCUT2D eigenvalue weighted by atomic mass is 10.1. The zero-order valence-electron chi connectivity index (χ0n) is 4.97. The molecule has 0 unspecified atom stereocenters. The van der Waals surface area contributed by atoms with Crippen LogP contribution in [0.4, 0.5) is 0 Å². The van der Waals surface area contributed by atoms with Crippen LogP contribution in [0.15, 0.2) is 0 Å². The average Bonchev–Trinajstić information content (AvgIpc) is 1.90. The predicted molar refractivity (Wildman–Crippen MR) is 37.1 cm³/mol. The third-order valence-electron chi connectivity index (χ3n) is 1.51. The molecule has 1 atom stereocenters. The second kappa shape index (κ2) is 3.36. The molecule has 0 amide bonds. The Morgan fingerprint density at radius 3 is 2.88 bits per heavy atom. The minimum atomic E-state index is 0.396. The standard InChI is InChI=1S/C6H12OS/c7-4-6-2-1-3-8-5-6/h6-7H,1-5H2/t6-/m1/s1. The van der Waals surface area contributed by atoms with Gasteiger partial charge >= 0.3 is 0 Å². The Kier molecular flexibility index (Phi) is 2.70. The fraction of sp³-hybridized carbons (Fsp3) is 1.00. The van der Waals surface area contributed by atoms with Crippen LogP contribution in [0.25, 0.3) is 0 Å². The minimum Gasteiger partial charge on any atom is -0.396 e. The lowest BCUT2D eigenvalue weighted by molar-refractivity contribution is 0.230. The lowest BCUT2D eigenvalue weighted by Crippen LogP contribution is -2.13. The number of aliphatic hydroxyl groups excluding tert-OH is 1. The average molecular weight is 132 g/mol. The first-order chi connectivity index (χ1) is 3.93. The van der Waals surface area contributed by atoms with Gasteiger partial charge in [0.25, 0.3) is 0 Å². The van der Waals surface area contributed by atoms with E-state index >= 15 is 0 Å². The topological polar surface area (TPSA) is 20.2 Å². The smallest absolute Gasteiger partial charge is 0.0467 e. The Labute approximate surface area is 54.5 Å². The van der Waals surface area contributed by atoms with Crippen LogP contribution < -0.4 is 0 Å². The molecule has 48 valence electrons. The number of thioether (sulfide) groups is 1. The van der Waals surface area contributed by atoms with E-state index in [4.69, 9.17) is 5.11 Å². The Hall–Kier alpha value is 0.310. The van der Waals surface area contributed by atoms with Crippen molar-refractivity contribution < 1.29 is 5.11 Å². The van der Waals surface area contributed by atoms with Crippen LogP contribution in [-0.4, -0.2) is 23.2 Å². The van der Waals surface area contributed by atoms with Crippen molar-refractivity contribution in [3.63, 3.8) is 0 Å². The van der Waals surface area contributed by atoms with Crippen molar-refractivity contribution in [3.05, 3.63) is 0 Å². The van der Waals surface area contributed by atoms with Gasteiger partial charge in [-0.1, -0.05) is 0 Å². The van der Waals surface area contributed by atoms with Crippen LogP contribution in [0.3, 0.4) is 0 Å². The van der Waals surface area contributed by atoms with E-state index in [1.54, 1.807) is 0 Å². The van der Waals surface area contributed by atoms with Gasteiger partial charge < -0.3 is 5.11 Å². The Morgan fingerprint density at radius 1 is 1.62 bits per heavy atom. The summed E-state index contributed by atoms with van der Waals surface area (Å²) >= 11 is 1.97. The SMILES string of the molecule is OC[C@H]1CCCSC1. The van der Waals surface area contributed by atoms with Gasteiger partial charge in [-0.05, 0) is 30.3 Å². The number of rotatable bonds is 1. The Morgan fingerprint density at radius 2 is 2.50 bits per heavy atom. The van der Waals surface area contributed by atoms with Gasteiger partial charge in [-0.2, -0.15) is 11.8 Å². The molecular formula is C6H12OS. The predicted octanol–water partition coefficient (Wildman–Crippen LogP) is 1.12. The van der Waals surface area contributed by atoms with E-state index in [0.717, 1.165) is 0 Å². The summed E-state index contributed by atoms with van der Waals surface area (Å²) < 4.78 is 0. The van der Waals surface area contributed by atoms with Crippen molar-refractivity contribution in [2.75, 3.05) is 18.1 Å². The van der Waals surface area contributed by atoms with Crippen molar-refractivity contribution >= 4 is 11.8 Å². The van der Waals surface area contributed by atoms with Gasteiger partial charge in [0.05, 0.1) is 0 Å². The summed E-state index contributed by atoms with van der Waals surface area (Å²) in [5.41, 5.74) is 0. The summed E-state index contributed by atoms with van der Waals surface area (Å²) in [6.07, 6.45) is 2.54. The molecule has 1 heterocycles. The van der Waals surface area contributed by atoms with Crippen LogP contribution >= 0.6 is 11.8 Å². The molecule has 8 heavy (non-hydrogen) atoms. The summed E-state index contributed by atoms with van der Waals surface area (Å²) in [5, 5.41) is 8.68. The molecule has 0 aromatic heterocycles. The molecule has 0 aliphatic carbocycles. The molecule has 0 aromatic carbocycles. The van der Waals surface area contributed by atoms with Crippen molar-refractivity contribution in [2.24, 2.45) is 5.92 Å². The number of hydrogen-bond acceptors (Lipinski definition) is 2. The summed E-state index contributed by atoms with van der Waals surface area (Å²) in [6.45, 7) is 0.396. The fourth-order valence-electron chi connectivity index (χ4n) is 0.951. The largest absolute Gasteiger partial charge is 0.396 e. The molecule has 0 bridgehead atoms. The quantitative estimate of drug-likeness (QED) is 0.577. The molecule has 0 aromatic rings. The lowest BCUT2D eigenvalue weighted by Gasteiger charge is -2.17. The van der Waals surface area contributed by atoms with Crippen LogP contribution in [0, 0.1) is 5.92 Å². The molecule has 0 spiro atoms. The van der Waals surface area contributed by atoms with Gasteiger partial charge in [0.15, 0.2) is 0 Å². The minimum absolute atomic E-state index is 0.396.